The van der Waals surface area contributed by atoms with E-state index in [1.54, 1.807) is 6.07 Å². The Morgan fingerprint density at radius 3 is 2.95 bits per heavy atom. The topological polar surface area (TPSA) is 66.9 Å². The number of allylic oxidation sites excluding steroid dienone is 2. The van der Waals surface area contributed by atoms with Gasteiger partial charge in [0.05, 0.1) is 12.0 Å². The quantitative estimate of drug-likeness (QED) is 0.864. The van der Waals surface area contributed by atoms with Crippen LogP contribution in [-0.4, -0.2) is 5.91 Å². The third-order valence-electron chi connectivity index (χ3n) is 4.06. The normalized spacial score (nSPS) is 20.7. The lowest BCUT2D eigenvalue weighted by Gasteiger charge is -2.19. The van der Waals surface area contributed by atoms with Gasteiger partial charge in [-0.2, -0.15) is 5.26 Å². The number of hydrogen-bond acceptors (Lipinski definition) is 2. The van der Waals surface area contributed by atoms with Crippen LogP contribution in [0.2, 0.25) is 0 Å². The maximum Gasteiger partial charge on any atom is 0.249 e. The summed E-state index contributed by atoms with van der Waals surface area (Å²) in [5.41, 5.74) is 10.9. The highest BCUT2D eigenvalue weighted by Crippen LogP contribution is 2.46. The first-order chi connectivity index (χ1) is 9.11. The molecular weight excluding hydrogens is 304 g/mol. The molecule has 0 heterocycles. The predicted molar refractivity (Wildman–Crippen MR) is 76.2 cm³/mol. The Morgan fingerprint density at radius 1 is 1.47 bits per heavy atom. The summed E-state index contributed by atoms with van der Waals surface area (Å²) in [5, 5.41) is 9.07. The number of primary amides is 1. The van der Waals surface area contributed by atoms with E-state index in [9.17, 15) is 4.79 Å². The van der Waals surface area contributed by atoms with Crippen molar-refractivity contribution in [3.05, 3.63) is 38.9 Å². The lowest BCUT2D eigenvalue weighted by molar-refractivity contribution is 0.0999. The van der Waals surface area contributed by atoms with Crippen molar-refractivity contribution in [2.75, 3.05) is 0 Å². The lowest BCUT2D eigenvalue weighted by atomic mass is 9.85. The summed E-state index contributed by atoms with van der Waals surface area (Å²) in [4.78, 5) is 11.5. The minimum atomic E-state index is -0.375. The first-order valence-electron chi connectivity index (χ1n) is 6.34. The summed E-state index contributed by atoms with van der Waals surface area (Å²) in [5.74, 6) is -0.260. The van der Waals surface area contributed by atoms with Gasteiger partial charge in [-0.15, -0.1) is 0 Å². The average molecular weight is 317 g/mol. The molecule has 2 aliphatic rings. The van der Waals surface area contributed by atoms with Crippen LogP contribution in [0.3, 0.4) is 0 Å². The Balaban J connectivity index is 2.11. The molecule has 2 aliphatic carbocycles. The van der Waals surface area contributed by atoms with Gasteiger partial charge in [0.15, 0.2) is 0 Å². The molecule has 96 valence electrons. The van der Waals surface area contributed by atoms with Gasteiger partial charge >= 0.3 is 0 Å². The minimum Gasteiger partial charge on any atom is -0.366 e. The second kappa shape index (κ2) is 4.50. The highest BCUT2D eigenvalue weighted by Gasteiger charge is 2.31. The molecule has 1 aromatic rings. The van der Waals surface area contributed by atoms with Crippen LogP contribution >= 0.6 is 15.9 Å². The van der Waals surface area contributed by atoms with Gasteiger partial charge in [0.1, 0.15) is 0 Å². The van der Waals surface area contributed by atoms with E-state index in [1.165, 1.54) is 11.1 Å². The van der Waals surface area contributed by atoms with Crippen molar-refractivity contribution in [1.29, 1.82) is 5.26 Å². The molecule has 1 unspecified atom stereocenters. The number of benzene rings is 1. The molecule has 1 atom stereocenters. The first kappa shape index (κ1) is 12.4. The SMILES string of the molecule is N#CC1CCC2=C(Cc3c(C(N)=O)ccc(Br)c32)C1. The molecule has 3 nitrogen and oxygen atoms in total. The van der Waals surface area contributed by atoms with Crippen LogP contribution in [0.25, 0.3) is 5.57 Å². The molecule has 1 amide bonds. The molecule has 0 saturated heterocycles. The molecule has 19 heavy (non-hydrogen) atoms. The summed E-state index contributed by atoms with van der Waals surface area (Å²) in [7, 11) is 0. The number of nitrogens with two attached hydrogens (primary N) is 1. The van der Waals surface area contributed by atoms with Crippen LogP contribution in [0, 0.1) is 17.2 Å². The Labute approximate surface area is 120 Å². The van der Waals surface area contributed by atoms with Crippen LogP contribution in [-0.2, 0) is 6.42 Å². The summed E-state index contributed by atoms with van der Waals surface area (Å²) < 4.78 is 1.02. The molecule has 4 heteroatoms. The zero-order valence-corrected chi connectivity index (χ0v) is 12.0. The second-order valence-corrected chi connectivity index (χ2v) is 5.99. The molecule has 3 rings (SSSR count). The number of fused-ring (bicyclic) bond motifs is 2. The van der Waals surface area contributed by atoms with Crippen molar-refractivity contribution >= 4 is 27.4 Å². The number of carbonyl (C=O) groups is 1. The van der Waals surface area contributed by atoms with Gasteiger partial charge in [-0.1, -0.05) is 21.5 Å². The molecule has 0 saturated carbocycles. The Hall–Kier alpha value is -1.60. The summed E-state index contributed by atoms with van der Waals surface area (Å²) in [6, 6.07) is 6.04. The molecule has 0 aliphatic heterocycles. The van der Waals surface area contributed by atoms with Crippen molar-refractivity contribution < 1.29 is 4.79 Å². The fourth-order valence-corrected chi connectivity index (χ4v) is 3.79. The Bertz CT molecular complexity index is 655. The fraction of sp³-hybridized carbons (Fsp3) is 0.333. The largest absolute Gasteiger partial charge is 0.366 e. The van der Waals surface area contributed by atoms with Crippen LogP contribution < -0.4 is 5.73 Å². The predicted octanol–water partition coefficient (Wildman–Crippen LogP) is 3.18. The van der Waals surface area contributed by atoms with Crippen molar-refractivity contribution in [1.82, 2.24) is 0 Å². The van der Waals surface area contributed by atoms with Crippen molar-refractivity contribution in [3.63, 3.8) is 0 Å². The van der Waals surface area contributed by atoms with E-state index >= 15 is 0 Å². The summed E-state index contributed by atoms with van der Waals surface area (Å²) in [6.07, 6.45) is 3.41. The van der Waals surface area contributed by atoms with Gasteiger partial charge in [0, 0.05) is 10.0 Å². The Kier molecular flexibility index (Phi) is 2.94. The fourth-order valence-electron chi connectivity index (χ4n) is 3.18. The van der Waals surface area contributed by atoms with E-state index in [1.807, 2.05) is 6.07 Å². The highest BCUT2D eigenvalue weighted by molar-refractivity contribution is 9.10. The third kappa shape index (κ3) is 1.89. The number of amides is 1. The Morgan fingerprint density at radius 2 is 2.26 bits per heavy atom. The smallest absolute Gasteiger partial charge is 0.249 e. The van der Waals surface area contributed by atoms with E-state index in [4.69, 9.17) is 11.0 Å². The summed E-state index contributed by atoms with van der Waals surface area (Å²) in [6.45, 7) is 0. The second-order valence-electron chi connectivity index (χ2n) is 5.14. The molecular formula is C15H13BrN2O. The van der Waals surface area contributed by atoms with Gasteiger partial charge in [-0.3, -0.25) is 4.79 Å². The van der Waals surface area contributed by atoms with Crippen LogP contribution in [0.4, 0.5) is 0 Å². The van der Waals surface area contributed by atoms with E-state index in [2.05, 4.69) is 22.0 Å². The number of halogens is 1. The molecule has 2 N–H and O–H groups in total. The first-order valence-corrected chi connectivity index (χ1v) is 7.13. The van der Waals surface area contributed by atoms with E-state index in [-0.39, 0.29) is 11.8 Å². The van der Waals surface area contributed by atoms with Crippen molar-refractivity contribution in [2.24, 2.45) is 11.7 Å². The van der Waals surface area contributed by atoms with Gasteiger partial charge < -0.3 is 5.73 Å². The lowest BCUT2D eigenvalue weighted by Crippen LogP contribution is -2.14. The zero-order chi connectivity index (χ0) is 13.6. The number of hydrogen-bond donors (Lipinski definition) is 1. The van der Waals surface area contributed by atoms with E-state index < -0.39 is 0 Å². The van der Waals surface area contributed by atoms with Crippen LogP contribution in [0.1, 0.15) is 40.7 Å². The number of nitriles is 1. The van der Waals surface area contributed by atoms with Crippen LogP contribution in [0.15, 0.2) is 22.2 Å². The minimum absolute atomic E-state index is 0.115. The number of rotatable bonds is 1. The zero-order valence-electron chi connectivity index (χ0n) is 10.4. The van der Waals surface area contributed by atoms with Gasteiger partial charge in [-0.05, 0) is 54.5 Å². The third-order valence-corrected chi connectivity index (χ3v) is 4.73. The monoisotopic (exact) mass is 316 g/mol. The molecule has 0 spiro atoms. The van der Waals surface area contributed by atoms with E-state index in [0.29, 0.717) is 5.56 Å². The van der Waals surface area contributed by atoms with Crippen molar-refractivity contribution in [2.45, 2.75) is 25.7 Å². The molecule has 0 bridgehead atoms. The summed E-state index contributed by atoms with van der Waals surface area (Å²) >= 11 is 3.57. The molecule has 0 fully saturated rings. The maximum absolute atomic E-state index is 11.5. The molecule has 1 aromatic carbocycles. The maximum atomic E-state index is 11.5. The van der Waals surface area contributed by atoms with Crippen molar-refractivity contribution in [3.8, 4) is 6.07 Å². The highest BCUT2D eigenvalue weighted by atomic mass is 79.9. The average Bonchev–Trinajstić information content (AvgIpc) is 2.77. The standard InChI is InChI=1S/C15H13BrN2O/c16-13-4-3-11(15(18)19)12-6-9-5-8(7-17)1-2-10(9)14(12)13/h3-4,8H,1-2,5-6H2,(H2,18,19). The van der Waals surface area contributed by atoms with Crippen LogP contribution in [0.5, 0.6) is 0 Å². The number of carbonyl (C=O) groups excluding carboxylic acids is 1. The van der Waals surface area contributed by atoms with Gasteiger partial charge in [-0.25, -0.2) is 0 Å². The molecule has 0 aromatic heterocycles. The molecule has 0 radical (unpaired) electrons. The van der Waals surface area contributed by atoms with E-state index in [0.717, 1.165) is 41.3 Å². The van der Waals surface area contributed by atoms with Gasteiger partial charge in [0.2, 0.25) is 5.91 Å². The van der Waals surface area contributed by atoms with Gasteiger partial charge in [0.25, 0.3) is 0 Å². The number of nitrogens with zero attached hydrogens (tertiary/aromatic N) is 1.